The molecule has 0 aliphatic rings. The molecule has 1 amide bonds. The third-order valence-corrected chi connectivity index (χ3v) is 6.74. The number of carbonyl (C=O) groups is 1. The van der Waals surface area contributed by atoms with Gasteiger partial charge < -0.3 is 14.8 Å². The molecule has 0 aliphatic carbocycles. The second-order valence-corrected chi connectivity index (χ2v) is 9.22. The smallest absolute Gasteiger partial charge is 0.251 e. The number of rotatable bonds is 10. The number of aryl methyl sites for hydroxylation is 1. The van der Waals surface area contributed by atoms with Gasteiger partial charge in [-0.05, 0) is 54.3 Å². The molecule has 0 saturated heterocycles. The molecule has 0 spiro atoms. The molecule has 8 heteroatoms. The van der Waals surface area contributed by atoms with Crippen molar-refractivity contribution in [1.29, 1.82) is 0 Å². The highest BCUT2D eigenvalue weighted by molar-refractivity contribution is 7.89. The Morgan fingerprint density at radius 1 is 0.879 bits per heavy atom. The molecule has 0 atom stereocenters. The number of amides is 1. The van der Waals surface area contributed by atoms with E-state index >= 15 is 0 Å². The lowest BCUT2D eigenvalue weighted by atomic mass is 10.1. The van der Waals surface area contributed by atoms with Crippen molar-refractivity contribution in [3.8, 4) is 11.5 Å². The SMILES string of the molecule is COc1ccc(CCNC(=O)c2ccc(C)c(S(=O)(=O)NCc3ccccc3)c2)cc1OC. The molecule has 3 aromatic rings. The molecule has 0 fully saturated rings. The maximum atomic E-state index is 12.8. The zero-order chi connectivity index (χ0) is 23.8. The Balaban J connectivity index is 1.65. The van der Waals surface area contributed by atoms with Crippen LogP contribution in [0.5, 0.6) is 11.5 Å². The Bertz CT molecular complexity index is 1210. The first kappa shape index (κ1) is 24.3. The van der Waals surface area contributed by atoms with Crippen LogP contribution in [-0.4, -0.2) is 35.1 Å². The molecular formula is C25H28N2O5S. The van der Waals surface area contributed by atoms with E-state index in [0.29, 0.717) is 30.0 Å². The van der Waals surface area contributed by atoms with E-state index in [4.69, 9.17) is 9.47 Å². The predicted molar refractivity (Wildman–Crippen MR) is 127 cm³/mol. The normalized spacial score (nSPS) is 11.1. The van der Waals surface area contributed by atoms with E-state index in [1.807, 2.05) is 48.5 Å². The summed E-state index contributed by atoms with van der Waals surface area (Å²) < 4.78 is 38.8. The molecule has 0 unspecified atom stereocenters. The molecule has 33 heavy (non-hydrogen) atoms. The van der Waals surface area contributed by atoms with Gasteiger partial charge in [-0.15, -0.1) is 0 Å². The average Bonchev–Trinajstić information content (AvgIpc) is 2.83. The predicted octanol–water partition coefficient (Wildman–Crippen LogP) is 3.46. The minimum atomic E-state index is -3.78. The summed E-state index contributed by atoms with van der Waals surface area (Å²) in [7, 11) is -0.634. The third-order valence-electron chi connectivity index (χ3n) is 5.20. The molecule has 0 saturated carbocycles. The number of hydrogen-bond donors (Lipinski definition) is 2. The molecule has 174 valence electrons. The Labute approximate surface area is 194 Å². The van der Waals surface area contributed by atoms with E-state index in [-0.39, 0.29) is 22.9 Å². The summed E-state index contributed by atoms with van der Waals surface area (Å²) in [5.74, 6) is 0.923. The second kappa shape index (κ2) is 11.0. The fourth-order valence-electron chi connectivity index (χ4n) is 3.34. The maximum Gasteiger partial charge on any atom is 0.251 e. The summed E-state index contributed by atoms with van der Waals surface area (Å²) in [5.41, 5.74) is 2.68. The molecule has 0 heterocycles. The van der Waals surface area contributed by atoms with Crippen molar-refractivity contribution in [3.05, 3.63) is 89.0 Å². The Morgan fingerprint density at radius 2 is 1.61 bits per heavy atom. The lowest BCUT2D eigenvalue weighted by Crippen LogP contribution is -2.27. The van der Waals surface area contributed by atoms with E-state index < -0.39 is 10.0 Å². The van der Waals surface area contributed by atoms with Crippen molar-refractivity contribution in [3.63, 3.8) is 0 Å². The van der Waals surface area contributed by atoms with Crippen LogP contribution in [0, 0.1) is 6.92 Å². The Hall–Kier alpha value is -3.36. The molecule has 0 aliphatic heterocycles. The molecular weight excluding hydrogens is 440 g/mol. The van der Waals surface area contributed by atoms with E-state index in [2.05, 4.69) is 10.0 Å². The minimum Gasteiger partial charge on any atom is -0.493 e. The van der Waals surface area contributed by atoms with Gasteiger partial charge in [0.25, 0.3) is 5.91 Å². The van der Waals surface area contributed by atoms with Gasteiger partial charge in [0.1, 0.15) is 0 Å². The van der Waals surface area contributed by atoms with Gasteiger partial charge in [0.15, 0.2) is 11.5 Å². The van der Waals surface area contributed by atoms with Crippen molar-refractivity contribution in [1.82, 2.24) is 10.0 Å². The zero-order valence-corrected chi connectivity index (χ0v) is 19.7. The standard InChI is InChI=1S/C25H28N2O5S/c1-18-9-11-21(16-24(18)33(29,30)27-17-20-7-5-4-6-8-20)25(28)26-14-13-19-10-12-22(31-2)23(15-19)32-3/h4-12,15-16,27H,13-14,17H2,1-3H3,(H,26,28). The van der Waals surface area contributed by atoms with Crippen LogP contribution in [0.1, 0.15) is 27.0 Å². The summed E-state index contributed by atoms with van der Waals surface area (Å²) in [5, 5.41) is 2.84. The first-order chi connectivity index (χ1) is 15.8. The maximum absolute atomic E-state index is 12.8. The van der Waals surface area contributed by atoms with Gasteiger partial charge in [-0.25, -0.2) is 13.1 Å². The van der Waals surface area contributed by atoms with Gasteiger partial charge >= 0.3 is 0 Å². The van der Waals surface area contributed by atoms with Gasteiger partial charge in [-0.3, -0.25) is 4.79 Å². The Morgan fingerprint density at radius 3 is 2.30 bits per heavy atom. The highest BCUT2D eigenvalue weighted by Crippen LogP contribution is 2.27. The van der Waals surface area contributed by atoms with E-state index in [1.54, 1.807) is 33.3 Å². The number of sulfonamides is 1. The summed E-state index contributed by atoms with van der Waals surface area (Å²) in [4.78, 5) is 12.7. The van der Waals surface area contributed by atoms with Crippen LogP contribution < -0.4 is 19.5 Å². The largest absolute Gasteiger partial charge is 0.493 e. The van der Waals surface area contributed by atoms with Gasteiger partial charge in [0.05, 0.1) is 19.1 Å². The summed E-state index contributed by atoms with van der Waals surface area (Å²) >= 11 is 0. The third kappa shape index (κ3) is 6.34. The zero-order valence-electron chi connectivity index (χ0n) is 18.9. The lowest BCUT2D eigenvalue weighted by molar-refractivity contribution is 0.0954. The molecule has 2 N–H and O–H groups in total. The summed E-state index contributed by atoms with van der Waals surface area (Å²) in [6.07, 6.45) is 0.585. The van der Waals surface area contributed by atoms with Crippen LogP contribution in [0.25, 0.3) is 0 Å². The van der Waals surface area contributed by atoms with Crippen LogP contribution in [0.15, 0.2) is 71.6 Å². The van der Waals surface area contributed by atoms with Crippen molar-refractivity contribution < 1.29 is 22.7 Å². The first-order valence-electron chi connectivity index (χ1n) is 10.5. The van der Waals surface area contributed by atoms with Crippen molar-refractivity contribution in [2.75, 3.05) is 20.8 Å². The number of ether oxygens (including phenoxy) is 2. The first-order valence-corrected chi connectivity index (χ1v) is 12.0. The van der Waals surface area contributed by atoms with Gasteiger partial charge in [-0.2, -0.15) is 0 Å². The summed E-state index contributed by atoms with van der Waals surface area (Å²) in [6.45, 7) is 2.26. The van der Waals surface area contributed by atoms with Gasteiger partial charge in [-0.1, -0.05) is 42.5 Å². The number of benzene rings is 3. The van der Waals surface area contributed by atoms with E-state index in [1.165, 1.54) is 6.07 Å². The fraction of sp³-hybridized carbons (Fsp3) is 0.240. The number of hydrogen-bond acceptors (Lipinski definition) is 5. The molecule has 0 radical (unpaired) electrons. The number of nitrogens with one attached hydrogen (secondary N) is 2. The highest BCUT2D eigenvalue weighted by atomic mass is 32.2. The van der Waals surface area contributed by atoms with Crippen LogP contribution in [0.4, 0.5) is 0 Å². The highest BCUT2D eigenvalue weighted by Gasteiger charge is 2.19. The van der Waals surface area contributed by atoms with Crippen molar-refractivity contribution >= 4 is 15.9 Å². The van der Waals surface area contributed by atoms with Crippen LogP contribution in [0.2, 0.25) is 0 Å². The topological polar surface area (TPSA) is 93.7 Å². The monoisotopic (exact) mass is 468 g/mol. The van der Waals surface area contributed by atoms with E-state index in [0.717, 1.165) is 11.1 Å². The van der Waals surface area contributed by atoms with Crippen LogP contribution in [-0.2, 0) is 23.0 Å². The Kier molecular flexibility index (Phi) is 8.08. The fourth-order valence-corrected chi connectivity index (χ4v) is 4.63. The van der Waals surface area contributed by atoms with E-state index in [9.17, 15) is 13.2 Å². The number of methoxy groups -OCH3 is 2. The number of carbonyl (C=O) groups excluding carboxylic acids is 1. The van der Waals surface area contributed by atoms with Crippen LogP contribution >= 0.6 is 0 Å². The summed E-state index contributed by atoms with van der Waals surface area (Å²) in [6, 6.07) is 19.5. The molecule has 0 bridgehead atoms. The molecule has 3 rings (SSSR count). The quantitative estimate of drug-likeness (QED) is 0.475. The lowest BCUT2D eigenvalue weighted by Gasteiger charge is -2.12. The van der Waals surface area contributed by atoms with Crippen molar-refractivity contribution in [2.45, 2.75) is 24.8 Å². The average molecular weight is 469 g/mol. The second-order valence-electron chi connectivity index (χ2n) is 7.49. The van der Waals surface area contributed by atoms with Gasteiger partial charge in [0, 0.05) is 18.7 Å². The van der Waals surface area contributed by atoms with Gasteiger partial charge in [0.2, 0.25) is 10.0 Å². The van der Waals surface area contributed by atoms with Crippen molar-refractivity contribution in [2.24, 2.45) is 0 Å². The molecule has 0 aromatic heterocycles. The van der Waals surface area contributed by atoms with Crippen LogP contribution in [0.3, 0.4) is 0 Å². The minimum absolute atomic E-state index is 0.0889. The molecule has 3 aromatic carbocycles. The molecule has 7 nitrogen and oxygen atoms in total.